The molecule has 8 heavy (non-hydrogen) atoms. The third-order valence-electron chi connectivity index (χ3n) is 1.18. The lowest BCUT2D eigenvalue weighted by molar-refractivity contribution is -0.00934. The van der Waals surface area contributed by atoms with Crippen molar-refractivity contribution in [2.75, 3.05) is 19.7 Å². The highest BCUT2D eigenvalue weighted by atomic mass is 16.5. The fourth-order valence-electron chi connectivity index (χ4n) is 0.732. The second-order valence-electron chi connectivity index (χ2n) is 1.99. The van der Waals surface area contributed by atoms with Crippen molar-refractivity contribution in [3.05, 3.63) is 7.05 Å². The zero-order valence-corrected chi connectivity index (χ0v) is 4.84. The lowest BCUT2D eigenvalue weighted by Crippen LogP contribution is -2.43. The van der Waals surface area contributed by atoms with Crippen LogP contribution in [0.4, 0.5) is 0 Å². The van der Waals surface area contributed by atoms with E-state index in [0.717, 1.165) is 13.1 Å². The lowest BCUT2D eigenvalue weighted by Gasteiger charge is -2.26. The third-order valence-corrected chi connectivity index (χ3v) is 1.18. The molecule has 0 aromatic rings. The molecular weight excluding hydrogens is 104 g/mol. The topological polar surface area (TPSA) is 38.5 Å². The van der Waals surface area contributed by atoms with Crippen LogP contribution in [0.1, 0.15) is 0 Å². The number of morpholine rings is 1. The molecule has 2 N–H and O–H groups in total. The van der Waals surface area contributed by atoms with E-state index in [1.165, 1.54) is 0 Å². The number of hydrogen-bond donors (Lipinski definition) is 1. The molecule has 1 fully saturated rings. The SMILES string of the molecule is [CH2]N1CCOC(N)C1. The van der Waals surface area contributed by atoms with Crippen LogP contribution in [0.25, 0.3) is 0 Å². The van der Waals surface area contributed by atoms with Gasteiger partial charge >= 0.3 is 0 Å². The summed E-state index contributed by atoms with van der Waals surface area (Å²) in [5.74, 6) is 0. The summed E-state index contributed by atoms with van der Waals surface area (Å²) in [5, 5.41) is 0. The predicted molar refractivity (Wildman–Crippen MR) is 30.9 cm³/mol. The first-order chi connectivity index (χ1) is 3.79. The van der Waals surface area contributed by atoms with Crippen molar-refractivity contribution < 1.29 is 4.74 Å². The Kier molecular flexibility index (Phi) is 1.83. The number of nitrogens with zero attached hydrogens (tertiary/aromatic N) is 1. The Hall–Kier alpha value is -0.120. The molecule has 1 radical (unpaired) electrons. The summed E-state index contributed by atoms with van der Waals surface area (Å²) in [6.07, 6.45) is -0.124. The van der Waals surface area contributed by atoms with Crippen molar-refractivity contribution >= 4 is 0 Å². The minimum atomic E-state index is -0.124. The normalized spacial score (nSPS) is 33.0. The van der Waals surface area contributed by atoms with Gasteiger partial charge in [0, 0.05) is 20.1 Å². The van der Waals surface area contributed by atoms with Gasteiger partial charge in [0.2, 0.25) is 0 Å². The summed E-state index contributed by atoms with van der Waals surface area (Å²) < 4.78 is 5.04. The highest BCUT2D eigenvalue weighted by molar-refractivity contribution is 4.64. The van der Waals surface area contributed by atoms with Crippen molar-refractivity contribution in [3.8, 4) is 0 Å². The van der Waals surface area contributed by atoms with E-state index in [1.54, 1.807) is 0 Å². The van der Waals surface area contributed by atoms with Gasteiger partial charge in [-0.15, -0.1) is 0 Å². The first-order valence-corrected chi connectivity index (χ1v) is 2.71. The van der Waals surface area contributed by atoms with E-state index in [2.05, 4.69) is 7.05 Å². The van der Waals surface area contributed by atoms with Crippen molar-refractivity contribution in [3.63, 3.8) is 0 Å². The minimum Gasteiger partial charge on any atom is -0.361 e. The maximum atomic E-state index is 5.42. The third kappa shape index (κ3) is 1.43. The van der Waals surface area contributed by atoms with Crippen LogP contribution in [0, 0.1) is 7.05 Å². The van der Waals surface area contributed by atoms with Gasteiger partial charge in [-0.1, -0.05) is 0 Å². The van der Waals surface area contributed by atoms with Crippen LogP contribution in [0.2, 0.25) is 0 Å². The molecule has 1 rings (SSSR count). The summed E-state index contributed by atoms with van der Waals surface area (Å²) in [7, 11) is 3.72. The molecule has 0 amide bonds. The summed E-state index contributed by atoms with van der Waals surface area (Å²) >= 11 is 0. The first-order valence-electron chi connectivity index (χ1n) is 2.71. The number of hydrogen-bond acceptors (Lipinski definition) is 3. The van der Waals surface area contributed by atoms with E-state index in [9.17, 15) is 0 Å². The summed E-state index contributed by atoms with van der Waals surface area (Å²) in [6.45, 7) is 2.36. The zero-order chi connectivity index (χ0) is 5.98. The van der Waals surface area contributed by atoms with E-state index >= 15 is 0 Å². The molecule has 3 heteroatoms. The summed E-state index contributed by atoms with van der Waals surface area (Å²) in [5.41, 5.74) is 5.42. The Labute approximate surface area is 49.4 Å². The largest absolute Gasteiger partial charge is 0.361 e. The molecule has 1 heterocycles. The second-order valence-corrected chi connectivity index (χ2v) is 1.99. The molecule has 47 valence electrons. The minimum absolute atomic E-state index is 0.124. The summed E-state index contributed by atoms with van der Waals surface area (Å²) in [4.78, 5) is 1.91. The quantitative estimate of drug-likeness (QED) is 0.458. The number of rotatable bonds is 0. The van der Waals surface area contributed by atoms with E-state index in [1.807, 2.05) is 4.90 Å². The number of nitrogens with two attached hydrogens (primary N) is 1. The van der Waals surface area contributed by atoms with Gasteiger partial charge in [-0.2, -0.15) is 0 Å². The molecule has 0 saturated carbocycles. The fraction of sp³-hybridized carbons (Fsp3) is 0.800. The van der Waals surface area contributed by atoms with Gasteiger partial charge in [0.15, 0.2) is 0 Å². The molecule has 0 aromatic carbocycles. The Morgan fingerprint density at radius 1 is 1.75 bits per heavy atom. The number of ether oxygens (including phenoxy) is 1. The van der Waals surface area contributed by atoms with E-state index in [-0.39, 0.29) is 6.23 Å². The molecule has 1 aliphatic heterocycles. The first kappa shape index (κ1) is 6.01. The van der Waals surface area contributed by atoms with Gasteiger partial charge in [-0.05, 0) is 0 Å². The van der Waals surface area contributed by atoms with Crippen LogP contribution < -0.4 is 5.73 Å². The van der Waals surface area contributed by atoms with Gasteiger partial charge in [-0.3, -0.25) is 4.90 Å². The maximum Gasteiger partial charge on any atom is 0.118 e. The molecule has 1 aliphatic rings. The molecule has 1 atom stereocenters. The lowest BCUT2D eigenvalue weighted by atomic mass is 10.4. The highest BCUT2D eigenvalue weighted by Crippen LogP contribution is 1.96. The molecule has 0 spiro atoms. The van der Waals surface area contributed by atoms with Crippen LogP contribution in [-0.4, -0.2) is 30.8 Å². The van der Waals surface area contributed by atoms with Crippen LogP contribution >= 0.6 is 0 Å². The van der Waals surface area contributed by atoms with E-state index < -0.39 is 0 Å². The van der Waals surface area contributed by atoms with E-state index in [4.69, 9.17) is 10.5 Å². The zero-order valence-electron chi connectivity index (χ0n) is 4.84. The van der Waals surface area contributed by atoms with Crippen LogP contribution in [0.3, 0.4) is 0 Å². The van der Waals surface area contributed by atoms with Gasteiger partial charge in [0.25, 0.3) is 0 Å². The van der Waals surface area contributed by atoms with Gasteiger partial charge in [0.1, 0.15) is 6.23 Å². The molecule has 3 nitrogen and oxygen atoms in total. The Balaban J connectivity index is 2.23. The van der Waals surface area contributed by atoms with Crippen molar-refractivity contribution in [2.24, 2.45) is 5.73 Å². The van der Waals surface area contributed by atoms with Crippen molar-refractivity contribution in [1.82, 2.24) is 4.90 Å². The average molecular weight is 115 g/mol. The average Bonchev–Trinajstić information content (AvgIpc) is 1.64. The molecule has 0 aromatic heterocycles. The van der Waals surface area contributed by atoms with Crippen molar-refractivity contribution in [2.45, 2.75) is 6.23 Å². The van der Waals surface area contributed by atoms with Crippen LogP contribution in [0.15, 0.2) is 0 Å². The monoisotopic (exact) mass is 115 g/mol. The maximum absolute atomic E-state index is 5.42. The Bertz CT molecular complexity index is 68.8. The van der Waals surface area contributed by atoms with Gasteiger partial charge in [0.05, 0.1) is 6.61 Å². The molecule has 0 bridgehead atoms. The van der Waals surface area contributed by atoms with Gasteiger partial charge < -0.3 is 10.5 Å². The Morgan fingerprint density at radius 2 is 2.50 bits per heavy atom. The molecule has 0 aliphatic carbocycles. The second kappa shape index (κ2) is 2.44. The van der Waals surface area contributed by atoms with Crippen LogP contribution in [-0.2, 0) is 4.74 Å². The smallest absolute Gasteiger partial charge is 0.118 e. The highest BCUT2D eigenvalue weighted by Gasteiger charge is 2.11. The standard InChI is InChI=1S/C5H11N2O/c1-7-2-3-8-5(6)4-7/h5H,1-4,6H2. The molecule has 1 saturated heterocycles. The molecular formula is C5H11N2O. The fourth-order valence-corrected chi connectivity index (χ4v) is 0.732. The molecule has 1 unspecified atom stereocenters. The van der Waals surface area contributed by atoms with Gasteiger partial charge in [-0.25, -0.2) is 0 Å². The predicted octanol–water partition coefficient (Wildman–Crippen LogP) is -0.605. The van der Waals surface area contributed by atoms with E-state index in [0.29, 0.717) is 6.61 Å². The Morgan fingerprint density at radius 3 is 2.88 bits per heavy atom. The van der Waals surface area contributed by atoms with Crippen molar-refractivity contribution in [1.29, 1.82) is 0 Å². The summed E-state index contributed by atoms with van der Waals surface area (Å²) in [6, 6.07) is 0. The van der Waals surface area contributed by atoms with Crippen LogP contribution in [0.5, 0.6) is 0 Å².